The van der Waals surface area contributed by atoms with Crippen molar-refractivity contribution in [1.82, 2.24) is 5.32 Å². The highest BCUT2D eigenvalue weighted by molar-refractivity contribution is 5.95. The molecule has 0 radical (unpaired) electrons. The number of carbonyl (C=O) groups is 2. The lowest BCUT2D eigenvalue weighted by molar-refractivity contribution is -0.139. The highest BCUT2D eigenvalue weighted by Gasteiger charge is 2.41. The zero-order valence-electron chi connectivity index (χ0n) is 13.5. The first-order valence-electron chi connectivity index (χ1n) is 7.74. The molecule has 2 aromatic carbocycles. The fraction of sp³-hybridized carbons (Fsp3) is 0.263. The van der Waals surface area contributed by atoms with E-state index in [0.29, 0.717) is 18.8 Å². The molecule has 5 nitrogen and oxygen atoms in total. The molecule has 1 saturated heterocycles. The van der Waals surface area contributed by atoms with Crippen LogP contribution in [-0.2, 0) is 19.7 Å². The van der Waals surface area contributed by atoms with Crippen molar-refractivity contribution < 1.29 is 19.1 Å². The summed E-state index contributed by atoms with van der Waals surface area (Å²) in [4.78, 5) is 23.1. The topological polar surface area (TPSA) is 64.6 Å². The number of rotatable bonds is 5. The molecule has 1 aliphatic rings. The molecule has 1 heterocycles. The molecule has 0 atom stereocenters. The van der Waals surface area contributed by atoms with Crippen molar-refractivity contribution in [1.29, 1.82) is 0 Å². The van der Waals surface area contributed by atoms with Crippen LogP contribution in [0.25, 0.3) is 0 Å². The molecule has 1 N–H and O–H groups in total. The molecule has 1 amide bonds. The van der Waals surface area contributed by atoms with Gasteiger partial charge in [0, 0.05) is 5.56 Å². The van der Waals surface area contributed by atoms with Crippen molar-refractivity contribution in [3.05, 3.63) is 71.3 Å². The molecular formula is C19H19NO4. The zero-order valence-corrected chi connectivity index (χ0v) is 13.5. The normalized spacial score (nSPS) is 15.2. The maximum absolute atomic E-state index is 12.0. The van der Waals surface area contributed by atoms with Crippen molar-refractivity contribution in [3.8, 4) is 0 Å². The Bertz CT molecular complexity index is 721. The fourth-order valence-electron chi connectivity index (χ4n) is 2.83. The molecule has 0 saturated carbocycles. The van der Waals surface area contributed by atoms with E-state index in [9.17, 15) is 9.59 Å². The first-order chi connectivity index (χ1) is 11.7. The van der Waals surface area contributed by atoms with Crippen molar-refractivity contribution in [2.75, 3.05) is 26.9 Å². The lowest BCUT2D eigenvalue weighted by Crippen LogP contribution is -2.47. The third kappa shape index (κ3) is 3.03. The predicted octanol–water partition coefficient (Wildman–Crippen LogP) is 1.91. The average molecular weight is 325 g/mol. The van der Waals surface area contributed by atoms with E-state index in [2.05, 4.69) is 22.2 Å². The van der Waals surface area contributed by atoms with Crippen molar-refractivity contribution in [2.24, 2.45) is 0 Å². The van der Waals surface area contributed by atoms with Gasteiger partial charge in [-0.25, -0.2) is 0 Å². The zero-order chi connectivity index (χ0) is 17.0. The van der Waals surface area contributed by atoms with E-state index in [0.717, 1.165) is 5.56 Å². The van der Waals surface area contributed by atoms with Gasteiger partial charge in [-0.15, -0.1) is 0 Å². The van der Waals surface area contributed by atoms with Gasteiger partial charge >= 0.3 is 5.97 Å². The quantitative estimate of drug-likeness (QED) is 0.853. The molecule has 0 bridgehead atoms. The standard InChI is InChI=1S/C19H19NO4/c1-23-17(21)11-20-18(22)14-7-9-16(10-8-14)19(12-24-13-19)15-5-3-2-4-6-15/h2-10H,11-13H2,1H3,(H,20,22). The van der Waals surface area contributed by atoms with Crippen LogP contribution in [0.4, 0.5) is 0 Å². The van der Waals surface area contributed by atoms with Crippen LogP contribution < -0.4 is 5.32 Å². The number of esters is 1. The second-order valence-electron chi connectivity index (χ2n) is 5.78. The monoisotopic (exact) mass is 325 g/mol. The minimum atomic E-state index is -0.477. The number of hydrogen-bond donors (Lipinski definition) is 1. The molecule has 0 unspecified atom stereocenters. The lowest BCUT2D eigenvalue weighted by Gasteiger charge is -2.42. The van der Waals surface area contributed by atoms with Crippen LogP contribution in [-0.4, -0.2) is 38.7 Å². The van der Waals surface area contributed by atoms with E-state index >= 15 is 0 Å². The molecule has 2 aromatic rings. The first kappa shape index (κ1) is 16.2. The van der Waals surface area contributed by atoms with Crippen LogP contribution in [0.1, 0.15) is 21.5 Å². The van der Waals surface area contributed by atoms with Crippen LogP contribution in [0.15, 0.2) is 54.6 Å². The number of carbonyl (C=O) groups excluding carboxylic acids is 2. The van der Waals surface area contributed by atoms with Crippen molar-refractivity contribution >= 4 is 11.9 Å². The van der Waals surface area contributed by atoms with Gasteiger partial charge < -0.3 is 14.8 Å². The number of amides is 1. The molecule has 1 aliphatic heterocycles. The summed E-state index contributed by atoms with van der Waals surface area (Å²) >= 11 is 0. The minimum Gasteiger partial charge on any atom is -0.468 e. The van der Waals surface area contributed by atoms with Gasteiger partial charge in [0.25, 0.3) is 5.91 Å². The summed E-state index contributed by atoms with van der Waals surface area (Å²) in [6.07, 6.45) is 0. The van der Waals surface area contributed by atoms with Crippen molar-refractivity contribution in [3.63, 3.8) is 0 Å². The summed E-state index contributed by atoms with van der Waals surface area (Å²) in [7, 11) is 1.28. The number of nitrogens with one attached hydrogen (secondary N) is 1. The number of methoxy groups -OCH3 is 1. The smallest absolute Gasteiger partial charge is 0.325 e. The summed E-state index contributed by atoms with van der Waals surface area (Å²) in [6, 6.07) is 17.7. The summed E-state index contributed by atoms with van der Waals surface area (Å²) in [5.74, 6) is -0.778. The van der Waals surface area contributed by atoms with Gasteiger partial charge in [-0.3, -0.25) is 9.59 Å². The van der Waals surface area contributed by atoms with Crippen LogP contribution in [0.3, 0.4) is 0 Å². The molecular weight excluding hydrogens is 306 g/mol. The Labute approximate surface area is 140 Å². The Balaban J connectivity index is 1.77. The third-order valence-corrected chi connectivity index (χ3v) is 4.34. The van der Waals surface area contributed by atoms with Crippen LogP contribution in [0.2, 0.25) is 0 Å². The maximum Gasteiger partial charge on any atom is 0.325 e. The largest absolute Gasteiger partial charge is 0.468 e. The maximum atomic E-state index is 12.0. The highest BCUT2D eigenvalue weighted by atomic mass is 16.5. The average Bonchev–Trinajstić information content (AvgIpc) is 2.60. The van der Waals surface area contributed by atoms with Crippen LogP contribution in [0, 0.1) is 0 Å². The molecule has 124 valence electrons. The van der Waals surface area contributed by atoms with Gasteiger partial charge in [-0.05, 0) is 23.3 Å². The summed E-state index contributed by atoms with van der Waals surface area (Å²) in [5, 5.41) is 2.53. The van der Waals surface area contributed by atoms with Gasteiger partial charge in [0.15, 0.2) is 0 Å². The van der Waals surface area contributed by atoms with Gasteiger partial charge in [-0.1, -0.05) is 42.5 Å². The summed E-state index contributed by atoms with van der Waals surface area (Å²) < 4.78 is 9.98. The summed E-state index contributed by atoms with van der Waals surface area (Å²) in [5.41, 5.74) is 2.68. The molecule has 0 aliphatic carbocycles. The van der Waals surface area contributed by atoms with E-state index in [1.807, 2.05) is 30.3 Å². The fourth-order valence-corrected chi connectivity index (χ4v) is 2.83. The Morgan fingerprint density at radius 1 is 1.04 bits per heavy atom. The molecule has 1 fully saturated rings. The van der Waals surface area contributed by atoms with E-state index in [4.69, 9.17) is 4.74 Å². The second-order valence-corrected chi connectivity index (χ2v) is 5.78. The number of benzene rings is 2. The molecule has 24 heavy (non-hydrogen) atoms. The van der Waals surface area contributed by atoms with E-state index in [1.165, 1.54) is 12.7 Å². The molecule has 5 heteroatoms. The Morgan fingerprint density at radius 2 is 1.67 bits per heavy atom. The second kappa shape index (κ2) is 6.84. The van der Waals surface area contributed by atoms with Gasteiger partial charge in [0.05, 0.1) is 25.7 Å². The van der Waals surface area contributed by atoms with Gasteiger partial charge in [-0.2, -0.15) is 0 Å². The summed E-state index contributed by atoms with van der Waals surface area (Å²) in [6.45, 7) is 1.12. The SMILES string of the molecule is COC(=O)CNC(=O)c1ccc(C2(c3ccccc3)COC2)cc1. The van der Waals surface area contributed by atoms with Gasteiger partial charge in [0.1, 0.15) is 6.54 Å². The first-order valence-corrected chi connectivity index (χ1v) is 7.74. The van der Waals surface area contributed by atoms with Crippen molar-refractivity contribution in [2.45, 2.75) is 5.41 Å². The van der Waals surface area contributed by atoms with Gasteiger partial charge in [0.2, 0.25) is 0 Å². The Hall–Kier alpha value is -2.66. The molecule has 3 rings (SSSR count). The Kier molecular flexibility index (Phi) is 4.62. The van der Waals surface area contributed by atoms with E-state index in [-0.39, 0.29) is 17.9 Å². The van der Waals surface area contributed by atoms with Crippen LogP contribution in [0.5, 0.6) is 0 Å². The number of hydrogen-bond acceptors (Lipinski definition) is 4. The third-order valence-electron chi connectivity index (χ3n) is 4.34. The van der Waals surface area contributed by atoms with Crippen LogP contribution >= 0.6 is 0 Å². The highest BCUT2D eigenvalue weighted by Crippen LogP contribution is 2.39. The van der Waals surface area contributed by atoms with E-state index in [1.54, 1.807) is 12.1 Å². The molecule has 0 spiro atoms. The minimum absolute atomic E-state index is 0.140. The molecule has 0 aromatic heterocycles. The Morgan fingerprint density at radius 3 is 2.21 bits per heavy atom. The predicted molar refractivity (Wildman–Crippen MR) is 88.8 cm³/mol. The lowest BCUT2D eigenvalue weighted by atomic mass is 9.73. The number of ether oxygens (including phenoxy) is 2. The van der Waals surface area contributed by atoms with E-state index < -0.39 is 5.97 Å².